The van der Waals surface area contributed by atoms with E-state index in [2.05, 4.69) is 22.6 Å². The van der Waals surface area contributed by atoms with Crippen LogP contribution in [0.15, 0.2) is 18.2 Å². The van der Waals surface area contributed by atoms with Crippen molar-refractivity contribution in [2.45, 2.75) is 19.1 Å². The highest BCUT2D eigenvalue weighted by Gasteiger charge is 2.15. The Labute approximate surface area is 97.4 Å². The molecule has 0 saturated carbocycles. The van der Waals surface area contributed by atoms with E-state index in [4.69, 9.17) is 10.5 Å². The van der Waals surface area contributed by atoms with Crippen LogP contribution >= 0.6 is 22.6 Å². The number of benzene rings is 1. The van der Waals surface area contributed by atoms with Gasteiger partial charge in [0, 0.05) is 3.57 Å². The highest BCUT2D eigenvalue weighted by Crippen LogP contribution is 2.24. The lowest BCUT2D eigenvalue weighted by Gasteiger charge is -2.17. The van der Waals surface area contributed by atoms with Gasteiger partial charge in [-0.1, -0.05) is 6.07 Å². The number of halogens is 1. The number of aliphatic hydroxyl groups is 1. The molecule has 0 aliphatic rings. The van der Waals surface area contributed by atoms with Gasteiger partial charge >= 0.3 is 0 Å². The molecule has 0 aromatic heterocycles. The third-order valence-corrected chi connectivity index (χ3v) is 3.02. The standard InChI is InChI=1S/C10H14INO2/c1-6(13)10(12)8-4-3-7(14-2)5-9(8)11/h3-6,10,13H,12H2,1-2H3/t6-,10+/m1/s1. The second kappa shape index (κ2) is 4.95. The summed E-state index contributed by atoms with van der Waals surface area (Å²) in [7, 11) is 1.62. The maximum Gasteiger partial charge on any atom is 0.119 e. The van der Waals surface area contributed by atoms with Crippen LogP contribution in [0.2, 0.25) is 0 Å². The fourth-order valence-electron chi connectivity index (χ4n) is 1.17. The zero-order valence-electron chi connectivity index (χ0n) is 8.20. The molecule has 0 aliphatic heterocycles. The van der Waals surface area contributed by atoms with Gasteiger partial charge in [-0.25, -0.2) is 0 Å². The van der Waals surface area contributed by atoms with Gasteiger partial charge in [0.1, 0.15) is 5.75 Å². The molecule has 0 radical (unpaired) electrons. The van der Waals surface area contributed by atoms with Gasteiger partial charge in [0.2, 0.25) is 0 Å². The molecule has 1 aromatic rings. The Kier molecular flexibility index (Phi) is 4.15. The lowest BCUT2D eigenvalue weighted by atomic mass is 10.0. The fourth-order valence-corrected chi connectivity index (χ4v) is 2.01. The minimum atomic E-state index is -0.545. The SMILES string of the molecule is COc1ccc([C@@H](N)[C@@H](C)O)c(I)c1. The Morgan fingerprint density at radius 2 is 2.14 bits per heavy atom. The molecule has 0 bridgehead atoms. The molecule has 14 heavy (non-hydrogen) atoms. The average Bonchev–Trinajstić information content (AvgIpc) is 2.16. The van der Waals surface area contributed by atoms with Crippen LogP contribution in [0.4, 0.5) is 0 Å². The topological polar surface area (TPSA) is 55.5 Å². The lowest BCUT2D eigenvalue weighted by Crippen LogP contribution is -2.24. The normalized spacial score (nSPS) is 14.9. The summed E-state index contributed by atoms with van der Waals surface area (Å²) in [6.45, 7) is 1.69. The predicted molar refractivity (Wildman–Crippen MR) is 64.3 cm³/mol. The van der Waals surface area contributed by atoms with Crippen molar-refractivity contribution in [3.8, 4) is 5.75 Å². The molecule has 0 amide bonds. The molecule has 0 unspecified atom stereocenters. The molecule has 2 atom stereocenters. The summed E-state index contributed by atoms with van der Waals surface area (Å²) in [5.41, 5.74) is 6.78. The Morgan fingerprint density at radius 1 is 1.50 bits per heavy atom. The zero-order chi connectivity index (χ0) is 10.7. The summed E-state index contributed by atoms with van der Waals surface area (Å²) in [5.74, 6) is 0.802. The molecular formula is C10H14INO2. The molecule has 78 valence electrons. The molecule has 0 aliphatic carbocycles. The summed E-state index contributed by atoms with van der Waals surface area (Å²) in [6.07, 6.45) is -0.545. The number of hydrogen-bond acceptors (Lipinski definition) is 3. The van der Waals surface area contributed by atoms with Gasteiger partial charge in [-0.2, -0.15) is 0 Å². The predicted octanol–water partition coefficient (Wildman–Crippen LogP) is 1.68. The van der Waals surface area contributed by atoms with Gasteiger partial charge in [-0.3, -0.25) is 0 Å². The van der Waals surface area contributed by atoms with E-state index >= 15 is 0 Å². The van der Waals surface area contributed by atoms with Crippen molar-refractivity contribution < 1.29 is 9.84 Å². The van der Waals surface area contributed by atoms with Gasteiger partial charge in [0.25, 0.3) is 0 Å². The van der Waals surface area contributed by atoms with E-state index in [-0.39, 0.29) is 6.04 Å². The largest absolute Gasteiger partial charge is 0.497 e. The highest BCUT2D eigenvalue weighted by molar-refractivity contribution is 14.1. The molecule has 1 aromatic carbocycles. The first-order valence-corrected chi connectivity index (χ1v) is 5.41. The number of methoxy groups -OCH3 is 1. The maximum atomic E-state index is 9.37. The first-order chi connectivity index (χ1) is 6.56. The minimum Gasteiger partial charge on any atom is -0.497 e. The molecular weight excluding hydrogens is 293 g/mol. The van der Waals surface area contributed by atoms with Crippen molar-refractivity contribution in [3.63, 3.8) is 0 Å². The minimum absolute atomic E-state index is 0.340. The van der Waals surface area contributed by atoms with E-state index < -0.39 is 6.10 Å². The Hall–Kier alpha value is -0.330. The maximum absolute atomic E-state index is 9.37. The van der Waals surface area contributed by atoms with Gasteiger partial charge in [-0.05, 0) is 47.2 Å². The highest BCUT2D eigenvalue weighted by atomic mass is 127. The Bertz CT molecular complexity index is 315. The molecule has 4 heteroatoms. The van der Waals surface area contributed by atoms with Gasteiger partial charge < -0.3 is 15.6 Å². The molecule has 0 fully saturated rings. The molecule has 3 N–H and O–H groups in total. The Morgan fingerprint density at radius 3 is 2.57 bits per heavy atom. The molecule has 0 saturated heterocycles. The molecule has 1 rings (SSSR count). The van der Waals surface area contributed by atoms with Gasteiger partial charge in [0.05, 0.1) is 19.3 Å². The van der Waals surface area contributed by atoms with Crippen molar-refractivity contribution in [1.82, 2.24) is 0 Å². The summed E-state index contributed by atoms with van der Waals surface area (Å²) < 4.78 is 6.09. The third-order valence-electron chi connectivity index (χ3n) is 2.09. The number of aliphatic hydroxyl groups excluding tert-OH is 1. The van der Waals surface area contributed by atoms with Crippen LogP contribution in [-0.4, -0.2) is 18.3 Å². The summed E-state index contributed by atoms with van der Waals surface area (Å²) in [4.78, 5) is 0. The number of ether oxygens (including phenoxy) is 1. The quantitative estimate of drug-likeness (QED) is 0.836. The average molecular weight is 307 g/mol. The van der Waals surface area contributed by atoms with Crippen LogP contribution < -0.4 is 10.5 Å². The first-order valence-electron chi connectivity index (χ1n) is 4.33. The van der Waals surface area contributed by atoms with Crippen LogP contribution in [0.25, 0.3) is 0 Å². The van der Waals surface area contributed by atoms with E-state index in [1.807, 2.05) is 18.2 Å². The first kappa shape index (κ1) is 11.7. The second-order valence-electron chi connectivity index (χ2n) is 3.15. The van der Waals surface area contributed by atoms with Crippen LogP contribution in [0, 0.1) is 3.57 Å². The van der Waals surface area contributed by atoms with Crippen LogP contribution in [0.1, 0.15) is 18.5 Å². The smallest absolute Gasteiger partial charge is 0.119 e. The zero-order valence-corrected chi connectivity index (χ0v) is 10.4. The monoisotopic (exact) mass is 307 g/mol. The molecule has 0 spiro atoms. The number of hydrogen-bond donors (Lipinski definition) is 2. The molecule has 0 heterocycles. The van der Waals surface area contributed by atoms with Crippen molar-refractivity contribution in [2.75, 3.05) is 7.11 Å². The van der Waals surface area contributed by atoms with E-state index in [1.54, 1.807) is 14.0 Å². The van der Waals surface area contributed by atoms with Crippen molar-refractivity contribution in [2.24, 2.45) is 5.73 Å². The van der Waals surface area contributed by atoms with Crippen LogP contribution in [-0.2, 0) is 0 Å². The summed E-state index contributed by atoms with van der Waals surface area (Å²) in [6, 6.07) is 5.29. The van der Waals surface area contributed by atoms with E-state index in [9.17, 15) is 5.11 Å². The lowest BCUT2D eigenvalue weighted by molar-refractivity contribution is 0.164. The van der Waals surface area contributed by atoms with Gasteiger partial charge in [-0.15, -0.1) is 0 Å². The number of nitrogens with two attached hydrogens (primary N) is 1. The Balaban J connectivity index is 2.99. The van der Waals surface area contributed by atoms with Crippen LogP contribution in [0.5, 0.6) is 5.75 Å². The number of rotatable bonds is 3. The van der Waals surface area contributed by atoms with Crippen molar-refractivity contribution in [3.05, 3.63) is 27.3 Å². The van der Waals surface area contributed by atoms with Crippen LogP contribution in [0.3, 0.4) is 0 Å². The second-order valence-corrected chi connectivity index (χ2v) is 4.32. The van der Waals surface area contributed by atoms with Gasteiger partial charge in [0.15, 0.2) is 0 Å². The summed E-state index contributed by atoms with van der Waals surface area (Å²) in [5, 5.41) is 9.37. The summed E-state index contributed by atoms with van der Waals surface area (Å²) >= 11 is 2.19. The third kappa shape index (κ3) is 2.59. The van der Waals surface area contributed by atoms with Crippen molar-refractivity contribution >= 4 is 22.6 Å². The molecule has 3 nitrogen and oxygen atoms in total. The van der Waals surface area contributed by atoms with E-state index in [0.29, 0.717) is 0 Å². The van der Waals surface area contributed by atoms with E-state index in [0.717, 1.165) is 14.9 Å². The van der Waals surface area contributed by atoms with Crippen molar-refractivity contribution in [1.29, 1.82) is 0 Å². The fraction of sp³-hybridized carbons (Fsp3) is 0.400. The van der Waals surface area contributed by atoms with E-state index in [1.165, 1.54) is 0 Å².